The summed E-state index contributed by atoms with van der Waals surface area (Å²) in [4.78, 5) is 27.7. The van der Waals surface area contributed by atoms with Gasteiger partial charge in [-0.25, -0.2) is 0 Å². The zero-order chi connectivity index (χ0) is 26.5. The molecule has 3 saturated carbocycles. The largest absolute Gasteiger partial charge is 0.355 e. The van der Waals surface area contributed by atoms with Gasteiger partial charge in [-0.1, -0.05) is 52.0 Å². The summed E-state index contributed by atoms with van der Waals surface area (Å²) in [6.45, 7) is 12.4. The van der Waals surface area contributed by atoms with Crippen molar-refractivity contribution in [3.8, 4) is 0 Å². The summed E-state index contributed by atoms with van der Waals surface area (Å²) in [5.41, 5.74) is 3.07. The van der Waals surface area contributed by atoms with Gasteiger partial charge in [-0.05, 0) is 110 Å². The fourth-order valence-electron chi connectivity index (χ4n) is 9.54. The molecule has 8 atom stereocenters. The zero-order valence-corrected chi connectivity index (χ0v) is 24.2. The smallest absolute Gasteiger partial charge is 0.227 e. The zero-order valence-electron chi connectivity index (χ0n) is 24.2. The van der Waals surface area contributed by atoms with E-state index in [9.17, 15) is 9.59 Å². The first kappa shape index (κ1) is 26.8. The van der Waals surface area contributed by atoms with Crippen LogP contribution in [-0.4, -0.2) is 36.3 Å². The second-order valence-corrected chi connectivity index (χ2v) is 14.1. The number of amides is 2. The molecule has 204 valence electrons. The van der Waals surface area contributed by atoms with E-state index in [1.54, 1.807) is 0 Å². The topological polar surface area (TPSA) is 49.4 Å². The molecule has 3 aliphatic carbocycles. The molecule has 4 aliphatic rings. The van der Waals surface area contributed by atoms with Gasteiger partial charge in [-0.15, -0.1) is 0 Å². The van der Waals surface area contributed by atoms with E-state index in [-0.39, 0.29) is 17.2 Å². The monoisotopic (exact) mass is 506 g/mol. The molecule has 4 fully saturated rings. The minimum Gasteiger partial charge on any atom is -0.355 e. The Hall–Kier alpha value is -1.84. The van der Waals surface area contributed by atoms with Crippen molar-refractivity contribution in [1.29, 1.82) is 0 Å². The Morgan fingerprint density at radius 1 is 0.973 bits per heavy atom. The number of hydrogen-bond donors (Lipinski definition) is 1. The molecule has 0 aromatic heterocycles. The van der Waals surface area contributed by atoms with E-state index < -0.39 is 0 Å². The van der Waals surface area contributed by atoms with Crippen molar-refractivity contribution in [3.05, 3.63) is 35.4 Å². The number of likely N-dealkylation sites (tertiary alicyclic amines) is 1. The van der Waals surface area contributed by atoms with Gasteiger partial charge in [0.05, 0.1) is 5.92 Å². The quantitative estimate of drug-likeness (QED) is 0.473. The fourth-order valence-corrected chi connectivity index (χ4v) is 9.54. The van der Waals surface area contributed by atoms with Crippen LogP contribution < -0.4 is 5.32 Å². The van der Waals surface area contributed by atoms with Crippen LogP contribution in [0.4, 0.5) is 0 Å². The number of rotatable bonds is 6. The molecule has 1 unspecified atom stereocenters. The molecule has 1 heterocycles. The number of benzene rings is 1. The predicted octanol–water partition coefficient (Wildman–Crippen LogP) is 6.58. The van der Waals surface area contributed by atoms with E-state index in [1.165, 1.54) is 44.1 Å². The van der Waals surface area contributed by atoms with Crippen LogP contribution in [0.25, 0.3) is 0 Å². The maximum absolute atomic E-state index is 13.2. The van der Waals surface area contributed by atoms with Gasteiger partial charge >= 0.3 is 0 Å². The minimum atomic E-state index is -0.116. The van der Waals surface area contributed by atoms with Gasteiger partial charge < -0.3 is 10.2 Å². The highest BCUT2D eigenvalue weighted by atomic mass is 16.2. The van der Waals surface area contributed by atoms with E-state index in [2.05, 4.69) is 62.2 Å². The highest BCUT2D eigenvalue weighted by Crippen LogP contribution is 2.66. The summed E-state index contributed by atoms with van der Waals surface area (Å²) < 4.78 is 0. The first-order valence-corrected chi connectivity index (χ1v) is 15.2. The molecule has 2 amide bonds. The third-order valence-corrected chi connectivity index (χ3v) is 11.8. The van der Waals surface area contributed by atoms with Crippen LogP contribution in [0.3, 0.4) is 0 Å². The Morgan fingerprint density at radius 3 is 2.38 bits per heavy atom. The first-order chi connectivity index (χ1) is 17.5. The van der Waals surface area contributed by atoms with Crippen molar-refractivity contribution in [2.45, 2.75) is 104 Å². The van der Waals surface area contributed by atoms with Crippen LogP contribution in [0.1, 0.15) is 103 Å². The molecule has 4 nitrogen and oxygen atoms in total. The van der Waals surface area contributed by atoms with Crippen molar-refractivity contribution in [3.63, 3.8) is 0 Å². The molecule has 5 rings (SSSR count). The predicted molar refractivity (Wildman–Crippen MR) is 150 cm³/mol. The third-order valence-electron chi connectivity index (χ3n) is 11.8. The molecular formula is C33H50N2O2. The van der Waals surface area contributed by atoms with Gasteiger partial charge in [0.1, 0.15) is 0 Å². The molecule has 1 aromatic carbocycles. The van der Waals surface area contributed by atoms with Crippen LogP contribution in [0.15, 0.2) is 24.3 Å². The van der Waals surface area contributed by atoms with E-state index in [4.69, 9.17) is 0 Å². The lowest BCUT2D eigenvalue weighted by Gasteiger charge is -2.61. The molecule has 0 bridgehead atoms. The molecule has 1 aromatic rings. The third kappa shape index (κ3) is 4.65. The number of piperidine rings is 1. The summed E-state index contributed by atoms with van der Waals surface area (Å²) in [7, 11) is 2.05. The van der Waals surface area contributed by atoms with Gasteiger partial charge in [0, 0.05) is 26.1 Å². The molecule has 1 aliphatic heterocycles. The van der Waals surface area contributed by atoms with Crippen LogP contribution in [0.5, 0.6) is 0 Å². The van der Waals surface area contributed by atoms with E-state index in [0.29, 0.717) is 29.2 Å². The molecule has 4 heteroatoms. The number of hydrogen-bond acceptors (Lipinski definition) is 2. The molecule has 37 heavy (non-hydrogen) atoms. The molecular weight excluding hydrogens is 456 g/mol. The van der Waals surface area contributed by atoms with E-state index in [1.807, 2.05) is 14.0 Å². The van der Waals surface area contributed by atoms with Crippen LogP contribution in [0.2, 0.25) is 0 Å². The summed E-state index contributed by atoms with van der Waals surface area (Å²) in [6, 6.07) is 9.09. The lowest BCUT2D eigenvalue weighted by molar-refractivity contribution is -0.158. The van der Waals surface area contributed by atoms with Crippen LogP contribution in [0, 0.1) is 40.4 Å². The van der Waals surface area contributed by atoms with Crippen molar-refractivity contribution in [2.24, 2.45) is 40.4 Å². The van der Waals surface area contributed by atoms with Crippen LogP contribution >= 0.6 is 0 Å². The van der Waals surface area contributed by atoms with Gasteiger partial charge in [0.2, 0.25) is 11.8 Å². The molecule has 1 N–H and O–H groups in total. The second-order valence-electron chi connectivity index (χ2n) is 14.1. The maximum Gasteiger partial charge on any atom is 0.227 e. The maximum atomic E-state index is 13.2. The number of nitrogens with zero attached hydrogens (tertiary/aromatic N) is 1. The Kier molecular flexibility index (Phi) is 7.26. The average Bonchev–Trinajstić information content (AvgIpc) is 3.21. The summed E-state index contributed by atoms with van der Waals surface area (Å²) in [5, 5.41) is 3.38. The Labute approximate surface area is 225 Å². The lowest BCUT2D eigenvalue weighted by atomic mass is 9.47. The Bertz CT molecular complexity index is 1000. The fraction of sp³-hybridized carbons (Fsp3) is 0.758. The van der Waals surface area contributed by atoms with E-state index in [0.717, 1.165) is 49.1 Å². The van der Waals surface area contributed by atoms with Gasteiger partial charge in [-0.3, -0.25) is 9.59 Å². The second kappa shape index (κ2) is 10.0. The number of nitrogens with one attached hydrogen (secondary N) is 1. The number of carbonyl (C=O) groups excluding carboxylic acids is 2. The van der Waals surface area contributed by atoms with Crippen molar-refractivity contribution in [1.82, 2.24) is 10.2 Å². The Balaban J connectivity index is 1.21. The molecule has 1 saturated heterocycles. The summed E-state index contributed by atoms with van der Waals surface area (Å²) in [5.74, 6) is 3.90. The van der Waals surface area contributed by atoms with Gasteiger partial charge in [0.25, 0.3) is 0 Å². The first-order valence-electron chi connectivity index (χ1n) is 15.2. The molecule has 0 spiro atoms. The lowest BCUT2D eigenvalue weighted by Crippen LogP contribution is -2.61. The highest BCUT2D eigenvalue weighted by molar-refractivity contribution is 5.83. The SMILES string of the molecule is CC(C)Cc1ccc(C(C)C(=O)NC[C@H]2CC[C@H]3[C@@H]4CC[C@H]5N(C)C(=O)CC[C@]5(C)[C@H]4CC[C@]23C)cc1. The highest BCUT2D eigenvalue weighted by Gasteiger charge is 2.61. The minimum absolute atomic E-state index is 0.116. The standard InChI is InChI=1S/C33H50N2O2/c1-21(2)19-23-7-9-24(10-8-23)22(3)31(37)34-20-25-11-13-27-26-12-14-29-33(5,18-16-30(36)35(29)6)28(26)15-17-32(25,27)4/h7-10,21-22,25-29H,11-20H2,1-6H3,(H,34,37)/t22?,25-,26+,27+,28+,29-,32-,33-/m1/s1. The van der Waals surface area contributed by atoms with Crippen LogP contribution in [-0.2, 0) is 16.0 Å². The number of carbonyl (C=O) groups is 2. The number of fused-ring (bicyclic) bond motifs is 5. The van der Waals surface area contributed by atoms with Crippen molar-refractivity contribution < 1.29 is 9.59 Å². The van der Waals surface area contributed by atoms with Gasteiger partial charge in [0.15, 0.2) is 0 Å². The normalized spacial score (nSPS) is 38.1. The summed E-state index contributed by atoms with van der Waals surface area (Å²) in [6.07, 6.45) is 10.4. The Morgan fingerprint density at radius 2 is 1.68 bits per heavy atom. The molecule has 0 radical (unpaired) electrons. The van der Waals surface area contributed by atoms with Crippen molar-refractivity contribution >= 4 is 11.8 Å². The van der Waals surface area contributed by atoms with E-state index >= 15 is 0 Å². The average molecular weight is 507 g/mol. The summed E-state index contributed by atoms with van der Waals surface area (Å²) >= 11 is 0. The van der Waals surface area contributed by atoms with Gasteiger partial charge in [-0.2, -0.15) is 0 Å². The van der Waals surface area contributed by atoms with Crippen molar-refractivity contribution in [2.75, 3.05) is 13.6 Å².